The average molecular weight is 344 g/mol. The molecule has 130 valence electrons. The van der Waals surface area contributed by atoms with Crippen LogP contribution in [-0.2, 0) is 27.5 Å². The number of carbonyl (C=O) groups excluding carboxylic acids is 2. The van der Waals surface area contributed by atoms with Gasteiger partial charge in [0, 0.05) is 23.3 Å². The Kier molecular flexibility index (Phi) is 3.76. The largest absolute Gasteiger partial charge is 0.467 e. The highest BCUT2D eigenvalue weighted by Crippen LogP contribution is 2.38. The highest BCUT2D eigenvalue weighted by atomic mass is 16.7. The van der Waals surface area contributed by atoms with E-state index in [9.17, 15) is 19.7 Å². The number of benzene rings is 1. The Labute approximate surface area is 143 Å². The SMILES string of the molecule is O=C1[C@H]2CC=CC[C@@H]2C(=O)N1Cc1cc([N+](=O)[O-])cc2c1OCOC2. The minimum absolute atomic E-state index is 0.0192. The van der Waals surface area contributed by atoms with Crippen molar-refractivity contribution in [2.75, 3.05) is 6.79 Å². The molecule has 4 rings (SSSR count). The van der Waals surface area contributed by atoms with E-state index in [0.29, 0.717) is 29.7 Å². The molecule has 0 radical (unpaired) electrons. The summed E-state index contributed by atoms with van der Waals surface area (Å²) in [6.07, 6.45) is 4.96. The van der Waals surface area contributed by atoms with Crippen molar-refractivity contribution in [3.05, 3.63) is 45.5 Å². The Morgan fingerprint density at radius 2 is 1.84 bits per heavy atom. The molecule has 2 heterocycles. The second-order valence-corrected chi connectivity index (χ2v) is 6.38. The van der Waals surface area contributed by atoms with Crippen LogP contribution in [0.2, 0.25) is 0 Å². The fourth-order valence-electron chi connectivity index (χ4n) is 3.70. The molecule has 1 aromatic rings. The van der Waals surface area contributed by atoms with Crippen LogP contribution in [0.3, 0.4) is 0 Å². The zero-order valence-electron chi connectivity index (χ0n) is 13.3. The number of amides is 2. The number of allylic oxidation sites excluding steroid dienone is 2. The van der Waals surface area contributed by atoms with Crippen molar-refractivity contribution in [3.8, 4) is 5.75 Å². The fraction of sp³-hybridized carbons (Fsp3) is 0.412. The van der Waals surface area contributed by atoms with Crippen LogP contribution in [0.5, 0.6) is 5.75 Å². The van der Waals surface area contributed by atoms with Gasteiger partial charge in [-0.05, 0) is 12.8 Å². The topological polar surface area (TPSA) is 99.0 Å². The van der Waals surface area contributed by atoms with Crippen molar-refractivity contribution in [1.29, 1.82) is 0 Å². The lowest BCUT2D eigenvalue weighted by Crippen LogP contribution is -2.31. The molecule has 2 atom stereocenters. The monoisotopic (exact) mass is 344 g/mol. The molecule has 8 nitrogen and oxygen atoms in total. The predicted octanol–water partition coefficient (Wildman–Crippen LogP) is 1.91. The number of rotatable bonds is 3. The van der Waals surface area contributed by atoms with E-state index in [1.54, 1.807) is 0 Å². The van der Waals surface area contributed by atoms with Crippen molar-refractivity contribution < 1.29 is 24.0 Å². The summed E-state index contributed by atoms with van der Waals surface area (Å²) in [5, 5.41) is 11.2. The molecule has 1 fully saturated rings. The van der Waals surface area contributed by atoms with Gasteiger partial charge in [-0.25, -0.2) is 0 Å². The number of nitrogens with zero attached hydrogens (tertiary/aromatic N) is 2. The number of ether oxygens (including phenoxy) is 2. The number of likely N-dealkylation sites (tertiary alicyclic amines) is 1. The normalized spacial score (nSPS) is 24.7. The van der Waals surface area contributed by atoms with E-state index >= 15 is 0 Å². The second kappa shape index (κ2) is 5.96. The number of hydrogen-bond acceptors (Lipinski definition) is 6. The first-order chi connectivity index (χ1) is 12.1. The summed E-state index contributed by atoms with van der Waals surface area (Å²) in [7, 11) is 0. The van der Waals surface area contributed by atoms with Crippen molar-refractivity contribution in [3.63, 3.8) is 0 Å². The van der Waals surface area contributed by atoms with Crippen LogP contribution in [0.15, 0.2) is 24.3 Å². The lowest BCUT2D eigenvalue weighted by atomic mass is 9.85. The van der Waals surface area contributed by atoms with Gasteiger partial charge in [-0.1, -0.05) is 12.2 Å². The maximum Gasteiger partial charge on any atom is 0.270 e. The van der Waals surface area contributed by atoms with Crippen molar-refractivity contribution in [2.45, 2.75) is 26.0 Å². The maximum atomic E-state index is 12.6. The third kappa shape index (κ3) is 2.58. The van der Waals surface area contributed by atoms with E-state index in [4.69, 9.17) is 9.47 Å². The van der Waals surface area contributed by atoms with E-state index in [0.717, 1.165) is 0 Å². The first kappa shape index (κ1) is 15.8. The van der Waals surface area contributed by atoms with Crippen LogP contribution < -0.4 is 4.74 Å². The third-order valence-corrected chi connectivity index (χ3v) is 4.91. The average Bonchev–Trinajstić information content (AvgIpc) is 2.87. The number of carbonyl (C=O) groups is 2. The van der Waals surface area contributed by atoms with E-state index < -0.39 is 4.92 Å². The number of hydrogen-bond donors (Lipinski definition) is 0. The van der Waals surface area contributed by atoms with Crippen LogP contribution in [0, 0.1) is 22.0 Å². The molecule has 2 amide bonds. The Hall–Kier alpha value is -2.74. The van der Waals surface area contributed by atoms with E-state index in [2.05, 4.69) is 0 Å². The molecule has 2 aliphatic heterocycles. The molecule has 3 aliphatic rings. The van der Waals surface area contributed by atoms with Gasteiger partial charge >= 0.3 is 0 Å². The fourth-order valence-corrected chi connectivity index (χ4v) is 3.70. The van der Waals surface area contributed by atoms with E-state index in [1.165, 1.54) is 17.0 Å². The molecular weight excluding hydrogens is 328 g/mol. The molecule has 0 bridgehead atoms. The first-order valence-electron chi connectivity index (χ1n) is 8.07. The van der Waals surface area contributed by atoms with Crippen LogP contribution in [0.25, 0.3) is 0 Å². The lowest BCUT2D eigenvalue weighted by Gasteiger charge is -2.22. The Balaban J connectivity index is 1.68. The van der Waals surface area contributed by atoms with Gasteiger partial charge in [-0.2, -0.15) is 0 Å². The summed E-state index contributed by atoms with van der Waals surface area (Å²) in [6.45, 7) is 0.213. The summed E-state index contributed by atoms with van der Waals surface area (Å²) < 4.78 is 10.7. The number of non-ortho nitro benzene ring substituents is 1. The third-order valence-electron chi connectivity index (χ3n) is 4.91. The van der Waals surface area contributed by atoms with Gasteiger partial charge in [0.15, 0.2) is 6.79 Å². The standard InChI is InChI=1S/C17H16N2O6/c20-16-13-3-1-2-4-14(13)17(21)18(16)7-10-5-12(19(22)23)6-11-8-24-9-25-15(10)11/h1-2,5-6,13-14H,3-4,7-9H2/t13-,14-/m0/s1. The number of fused-ring (bicyclic) bond motifs is 2. The predicted molar refractivity (Wildman–Crippen MR) is 84.3 cm³/mol. The molecule has 8 heteroatoms. The summed E-state index contributed by atoms with van der Waals surface area (Å²) >= 11 is 0. The summed E-state index contributed by atoms with van der Waals surface area (Å²) in [5.41, 5.74) is 0.899. The highest BCUT2D eigenvalue weighted by molar-refractivity contribution is 6.05. The van der Waals surface area contributed by atoms with Crippen LogP contribution in [-0.4, -0.2) is 28.4 Å². The summed E-state index contributed by atoms with van der Waals surface area (Å²) in [6, 6.07) is 2.76. The van der Waals surface area contributed by atoms with E-state index in [-0.39, 0.29) is 49.3 Å². The Morgan fingerprint density at radius 3 is 2.48 bits per heavy atom. The van der Waals surface area contributed by atoms with Gasteiger partial charge in [-0.15, -0.1) is 0 Å². The summed E-state index contributed by atoms with van der Waals surface area (Å²) in [5.74, 6) is -0.615. The summed E-state index contributed by atoms with van der Waals surface area (Å²) in [4.78, 5) is 37.1. The number of nitro groups is 1. The minimum atomic E-state index is -0.504. The Bertz CT molecular complexity index is 777. The molecule has 0 saturated carbocycles. The number of imide groups is 1. The second-order valence-electron chi connectivity index (χ2n) is 6.38. The van der Waals surface area contributed by atoms with Crippen LogP contribution in [0.1, 0.15) is 24.0 Å². The van der Waals surface area contributed by atoms with Gasteiger partial charge in [0.1, 0.15) is 5.75 Å². The molecule has 0 N–H and O–H groups in total. The molecule has 0 spiro atoms. The number of nitro benzene ring substituents is 1. The van der Waals surface area contributed by atoms with Gasteiger partial charge in [-0.3, -0.25) is 24.6 Å². The molecule has 1 saturated heterocycles. The highest BCUT2D eigenvalue weighted by Gasteiger charge is 2.47. The molecule has 25 heavy (non-hydrogen) atoms. The van der Waals surface area contributed by atoms with Gasteiger partial charge in [0.25, 0.3) is 5.69 Å². The Morgan fingerprint density at radius 1 is 1.16 bits per heavy atom. The van der Waals surface area contributed by atoms with Gasteiger partial charge in [0.05, 0.1) is 29.9 Å². The lowest BCUT2D eigenvalue weighted by molar-refractivity contribution is -0.385. The molecule has 0 unspecified atom stereocenters. The smallest absolute Gasteiger partial charge is 0.270 e. The molecule has 0 aromatic heterocycles. The zero-order valence-corrected chi connectivity index (χ0v) is 13.3. The van der Waals surface area contributed by atoms with E-state index in [1.807, 2.05) is 12.2 Å². The van der Waals surface area contributed by atoms with Crippen LogP contribution >= 0.6 is 0 Å². The zero-order chi connectivity index (χ0) is 17.6. The van der Waals surface area contributed by atoms with Crippen molar-refractivity contribution >= 4 is 17.5 Å². The van der Waals surface area contributed by atoms with Gasteiger partial charge < -0.3 is 9.47 Å². The van der Waals surface area contributed by atoms with Crippen molar-refractivity contribution in [1.82, 2.24) is 4.90 Å². The molecule has 1 aromatic carbocycles. The van der Waals surface area contributed by atoms with Crippen LogP contribution in [0.4, 0.5) is 5.69 Å². The van der Waals surface area contributed by atoms with Gasteiger partial charge in [0.2, 0.25) is 11.8 Å². The minimum Gasteiger partial charge on any atom is -0.467 e. The van der Waals surface area contributed by atoms with Crippen molar-refractivity contribution in [2.24, 2.45) is 11.8 Å². The first-order valence-corrected chi connectivity index (χ1v) is 8.07. The maximum absolute atomic E-state index is 12.6. The molecule has 1 aliphatic carbocycles. The quantitative estimate of drug-likeness (QED) is 0.359. The molecular formula is C17H16N2O6.